The minimum absolute atomic E-state index is 0.0341. The number of alkyl carbamates (subject to hydrolysis) is 1. The fourth-order valence-corrected chi connectivity index (χ4v) is 1.79. The van der Waals surface area contributed by atoms with Crippen molar-refractivity contribution < 1.29 is 32.2 Å². The van der Waals surface area contributed by atoms with Crippen LogP contribution in [0.1, 0.15) is 19.4 Å². The van der Waals surface area contributed by atoms with Crippen LogP contribution in [0.5, 0.6) is 0 Å². The van der Waals surface area contributed by atoms with Crippen molar-refractivity contribution in [2.24, 2.45) is 0 Å². The van der Waals surface area contributed by atoms with Gasteiger partial charge in [-0.2, -0.15) is 13.2 Å². The Morgan fingerprint density at radius 3 is 2.08 bits per heavy atom. The maximum Gasteiger partial charge on any atom is 0.442 e. The molecule has 6 nitrogen and oxygen atoms in total. The van der Waals surface area contributed by atoms with E-state index in [0.29, 0.717) is 0 Å². The summed E-state index contributed by atoms with van der Waals surface area (Å²) in [4.78, 5) is 23.6. The van der Waals surface area contributed by atoms with Crippen molar-refractivity contribution in [1.29, 1.82) is 0 Å². The highest BCUT2D eigenvalue weighted by molar-refractivity contribution is 5.89. The second-order valence-electron chi connectivity index (χ2n) is 5.31. The quantitative estimate of drug-likeness (QED) is 0.632. The molecule has 0 aromatic heterocycles. The first-order valence-electron chi connectivity index (χ1n) is 7.00. The minimum Gasteiger partial charge on any atom is -0.466 e. The van der Waals surface area contributed by atoms with Gasteiger partial charge in [0.1, 0.15) is 0 Å². The first-order valence-corrected chi connectivity index (χ1v) is 7.00. The summed E-state index contributed by atoms with van der Waals surface area (Å²) in [6.45, 7) is 4.67. The van der Waals surface area contributed by atoms with E-state index in [0.717, 1.165) is 12.7 Å². The molecule has 1 aromatic rings. The smallest absolute Gasteiger partial charge is 0.442 e. The molecule has 1 unspecified atom stereocenters. The number of hydrogen-bond acceptors (Lipinski definition) is 5. The van der Waals surface area contributed by atoms with E-state index >= 15 is 0 Å². The molecule has 0 radical (unpaired) electrons. The molecule has 0 bridgehead atoms. The van der Waals surface area contributed by atoms with Gasteiger partial charge in [0.05, 0.1) is 13.2 Å². The summed E-state index contributed by atoms with van der Waals surface area (Å²) in [6.07, 6.45) is -7.28. The number of alkyl halides is 3. The lowest BCUT2D eigenvalue weighted by Gasteiger charge is -2.34. The van der Waals surface area contributed by atoms with Crippen molar-refractivity contribution in [3.8, 4) is 0 Å². The Bertz CT molecular complexity index is 587. The van der Waals surface area contributed by atoms with Gasteiger partial charge in [0, 0.05) is 5.69 Å². The van der Waals surface area contributed by atoms with E-state index in [1.807, 2.05) is 5.32 Å². The van der Waals surface area contributed by atoms with Crippen LogP contribution < -0.4 is 10.6 Å². The molecule has 1 aromatic carbocycles. The van der Waals surface area contributed by atoms with Crippen LogP contribution in [-0.4, -0.2) is 37.1 Å². The molecule has 9 heteroatoms. The normalized spacial score (nSPS) is 13.8. The largest absolute Gasteiger partial charge is 0.466 e. The number of carbonyl (C=O) groups is 2. The zero-order valence-corrected chi connectivity index (χ0v) is 13.7. The molecule has 0 fully saturated rings. The molecule has 0 spiro atoms. The molecule has 0 aliphatic rings. The molecule has 24 heavy (non-hydrogen) atoms. The molecule has 0 aliphatic heterocycles. The Balaban J connectivity index is 3.28. The third kappa shape index (κ3) is 4.53. The second-order valence-corrected chi connectivity index (χ2v) is 5.31. The first kappa shape index (κ1) is 19.6. The predicted octanol–water partition coefficient (Wildman–Crippen LogP) is 2.97. The van der Waals surface area contributed by atoms with Gasteiger partial charge in [0.2, 0.25) is 0 Å². The lowest BCUT2D eigenvalue weighted by Crippen LogP contribution is -2.69. The number of nitrogens with one attached hydrogen (secondary N) is 2. The van der Waals surface area contributed by atoms with Crippen molar-refractivity contribution in [2.75, 3.05) is 12.4 Å². The highest BCUT2D eigenvalue weighted by Gasteiger charge is 2.64. The molecule has 0 heterocycles. The number of aryl methyl sites for hydroxylation is 1. The second kappa shape index (κ2) is 7.41. The van der Waals surface area contributed by atoms with Crippen molar-refractivity contribution in [2.45, 2.75) is 38.7 Å². The topological polar surface area (TPSA) is 76.7 Å². The molecule has 0 saturated carbocycles. The Hall–Kier alpha value is -2.45. The van der Waals surface area contributed by atoms with Gasteiger partial charge in [-0.25, -0.2) is 9.59 Å². The SMILES string of the molecule is COC(=O)C(NC(=O)OC(C)C)(Nc1ccc(C)cc1)C(F)(F)F. The number of benzene rings is 1. The van der Waals surface area contributed by atoms with Gasteiger partial charge in [0.25, 0.3) is 0 Å². The lowest BCUT2D eigenvalue weighted by molar-refractivity contribution is -0.204. The van der Waals surface area contributed by atoms with E-state index < -0.39 is 30.0 Å². The van der Waals surface area contributed by atoms with E-state index in [4.69, 9.17) is 0 Å². The zero-order valence-electron chi connectivity index (χ0n) is 13.7. The summed E-state index contributed by atoms with van der Waals surface area (Å²) < 4.78 is 49.8. The van der Waals surface area contributed by atoms with Crippen LogP contribution in [0, 0.1) is 6.92 Å². The summed E-state index contributed by atoms with van der Waals surface area (Å²) >= 11 is 0. The van der Waals surface area contributed by atoms with Crippen molar-refractivity contribution in [3.63, 3.8) is 0 Å². The van der Waals surface area contributed by atoms with Crippen LogP contribution in [-0.2, 0) is 14.3 Å². The molecule has 134 valence electrons. The molecule has 2 N–H and O–H groups in total. The fourth-order valence-electron chi connectivity index (χ4n) is 1.79. The standard InChI is InChI=1S/C15H19F3N2O4/c1-9(2)24-13(22)20-14(12(21)23-4,15(16,17)18)19-11-7-5-10(3)6-8-11/h5-9,19H,1-4H3,(H,20,22). The van der Waals surface area contributed by atoms with Gasteiger partial charge in [-0.3, -0.25) is 5.32 Å². The number of halogens is 3. The number of anilines is 1. The highest BCUT2D eigenvalue weighted by Crippen LogP contribution is 2.33. The number of ether oxygens (including phenoxy) is 2. The highest BCUT2D eigenvalue weighted by atomic mass is 19.4. The lowest BCUT2D eigenvalue weighted by atomic mass is 10.1. The molecular weight excluding hydrogens is 329 g/mol. The van der Waals surface area contributed by atoms with Gasteiger partial charge in [0.15, 0.2) is 0 Å². The number of amides is 1. The summed E-state index contributed by atoms with van der Waals surface area (Å²) in [5, 5.41) is 3.55. The molecule has 0 aliphatic carbocycles. The average molecular weight is 348 g/mol. The first-order chi connectivity index (χ1) is 11.0. The van der Waals surface area contributed by atoms with Gasteiger partial charge in [-0.1, -0.05) is 17.7 Å². The van der Waals surface area contributed by atoms with E-state index in [9.17, 15) is 22.8 Å². The molecular formula is C15H19F3N2O4. The number of methoxy groups -OCH3 is 1. The monoisotopic (exact) mass is 348 g/mol. The van der Waals surface area contributed by atoms with E-state index in [1.54, 1.807) is 24.4 Å². The maximum atomic E-state index is 13.6. The number of carbonyl (C=O) groups excluding carboxylic acids is 2. The molecule has 1 amide bonds. The average Bonchev–Trinajstić information content (AvgIpc) is 2.45. The summed E-state index contributed by atoms with van der Waals surface area (Å²) in [5.74, 6) is -1.73. The minimum atomic E-state index is -5.19. The van der Waals surface area contributed by atoms with Crippen molar-refractivity contribution in [1.82, 2.24) is 5.32 Å². The van der Waals surface area contributed by atoms with Gasteiger partial charge in [-0.15, -0.1) is 0 Å². The third-order valence-electron chi connectivity index (χ3n) is 2.93. The number of hydrogen-bond donors (Lipinski definition) is 2. The Morgan fingerprint density at radius 1 is 1.12 bits per heavy atom. The van der Waals surface area contributed by atoms with Crippen molar-refractivity contribution >= 4 is 17.7 Å². The maximum absolute atomic E-state index is 13.6. The van der Waals surface area contributed by atoms with Crippen LogP contribution >= 0.6 is 0 Å². The zero-order chi connectivity index (χ0) is 18.5. The Morgan fingerprint density at radius 2 is 1.67 bits per heavy atom. The van der Waals surface area contributed by atoms with Gasteiger partial charge >= 0.3 is 23.9 Å². The van der Waals surface area contributed by atoms with Crippen LogP contribution in [0.4, 0.5) is 23.7 Å². The van der Waals surface area contributed by atoms with E-state index in [1.165, 1.54) is 26.0 Å². The molecule has 0 saturated heterocycles. The van der Waals surface area contributed by atoms with E-state index in [-0.39, 0.29) is 5.69 Å². The van der Waals surface area contributed by atoms with E-state index in [2.05, 4.69) is 9.47 Å². The summed E-state index contributed by atoms with van der Waals surface area (Å²) in [5.41, 5.74) is -2.71. The third-order valence-corrected chi connectivity index (χ3v) is 2.93. The molecule has 1 atom stereocenters. The van der Waals surface area contributed by atoms with Crippen LogP contribution in [0.15, 0.2) is 24.3 Å². The predicted molar refractivity (Wildman–Crippen MR) is 80.4 cm³/mol. The van der Waals surface area contributed by atoms with Gasteiger partial charge in [-0.05, 0) is 32.9 Å². The van der Waals surface area contributed by atoms with Crippen LogP contribution in [0.3, 0.4) is 0 Å². The summed E-state index contributed by atoms with van der Waals surface area (Å²) in [7, 11) is 0.787. The van der Waals surface area contributed by atoms with Gasteiger partial charge < -0.3 is 14.8 Å². The fraction of sp³-hybridized carbons (Fsp3) is 0.467. The number of esters is 1. The van der Waals surface area contributed by atoms with Crippen LogP contribution in [0.2, 0.25) is 0 Å². The molecule has 1 rings (SSSR count). The van der Waals surface area contributed by atoms with Crippen LogP contribution in [0.25, 0.3) is 0 Å². The Kier molecular flexibility index (Phi) is 6.05. The Labute approximate surface area is 137 Å². The number of rotatable bonds is 5. The summed E-state index contributed by atoms with van der Waals surface area (Å²) in [6, 6.07) is 5.78. The van der Waals surface area contributed by atoms with Crippen molar-refractivity contribution in [3.05, 3.63) is 29.8 Å².